The summed E-state index contributed by atoms with van der Waals surface area (Å²) in [5.41, 5.74) is 4.20. The minimum absolute atomic E-state index is 0.165. The Morgan fingerprint density at radius 1 is 0.969 bits per heavy atom. The number of carbonyl (C=O) groups excluding carboxylic acids is 2. The first-order chi connectivity index (χ1) is 15.0. The normalized spacial score (nSPS) is 11.6. The summed E-state index contributed by atoms with van der Waals surface area (Å²) in [4.78, 5) is 23.4. The molecule has 2 rings (SSSR count). The largest absolute Gasteiger partial charge is 0.573 e. The van der Waals surface area contributed by atoms with Crippen molar-refractivity contribution in [3.05, 3.63) is 54.3 Å². The number of rotatable bonds is 9. The monoisotopic (exact) mass is 495 g/mol. The van der Waals surface area contributed by atoms with Gasteiger partial charge in [0.1, 0.15) is 11.6 Å². The van der Waals surface area contributed by atoms with Gasteiger partial charge in [-0.25, -0.2) is 17.5 Å². The number of alkyl halides is 3. The Bertz CT molecular complexity index is 1050. The second-order valence-electron chi connectivity index (χ2n) is 5.98. The first kappa shape index (κ1) is 25.4. The molecular formula is C18H17F4N3O5S2. The highest BCUT2D eigenvalue weighted by Crippen LogP contribution is 2.24. The molecule has 2 aromatic rings. The predicted octanol–water partition coefficient (Wildman–Crippen LogP) is 2.33. The average Bonchev–Trinajstić information content (AvgIpc) is 2.71. The minimum atomic E-state index is -4.90. The van der Waals surface area contributed by atoms with Crippen molar-refractivity contribution >= 4 is 33.6 Å². The number of hydrazine groups is 1. The molecule has 0 heterocycles. The third-order valence-electron chi connectivity index (χ3n) is 3.55. The van der Waals surface area contributed by atoms with Crippen LogP contribution in [0.1, 0.15) is 6.42 Å². The second-order valence-corrected chi connectivity index (χ2v) is 8.77. The molecule has 32 heavy (non-hydrogen) atoms. The number of halogens is 4. The number of carbonyl (C=O) groups is 2. The molecule has 0 unspecified atom stereocenters. The summed E-state index contributed by atoms with van der Waals surface area (Å²) < 4.78 is 79.9. The molecular weight excluding hydrogens is 478 g/mol. The molecule has 0 aliphatic rings. The predicted molar refractivity (Wildman–Crippen MR) is 106 cm³/mol. The fraction of sp³-hybridized carbons (Fsp3) is 0.222. The Kier molecular flexibility index (Phi) is 8.86. The maximum Gasteiger partial charge on any atom is 0.573 e. The fourth-order valence-corrected chi connectivity index (χ4v) is 3.92. The van der Waals surface area contributed by atoms with Crippen LogP contribution >= 0.6 is 11.8 Å². The van der Waals surface area contributed by atoms with Gasteiger partial charge in [0.05, 0.1) is 10.6 Å². The number of amides is 2. The van der Waals surface area contributed by atoms with E-state index in [4.69, 9.17) is 0 Å². The van der Waals surface area contributed by atoms with Crippen molar-refractivity contribution in [3.63, 3.8) is 0 Å². The van der Waals surface area contributed by atoms with Crippen LogP contribution in [0.4, 0.5) is 17.6 Å². The van der Waals surface area contributed by atoms with Crippen molar-refractivity contribution in [2.24, 2.45) is 0 Å². The quantitative estimate of drug-likeness (QED) is 0.280. The second kappa shape index (κ2) is 11.2. The van der Waals surface area contributed by atoms with Gasteiger partial charge in [0.15, 0.2) is 0 Å². The van der Waals surface area contributed by atoms with E-state index in [9.17, 15) is 35.6 Å². The number of hydrogen-bond acceptors (Lipinski definition) is 6. The maximum atomic E-state index is 13.5. The van der Waals surface area contributed by atoms with Crippen LogP contribution in [0.5, 0.6) is 5.75 Å². The number of thioether (sulfide) groups is 1. The lowest BCUT2D eigenvalue weighted by Gasteiger charge is -2.10. The van der Waals surface area contributed by atoms with Crippen molar-refractivity contribution in [2.75, 3.05) is 12.3 Å². The molecule has 0 aromatic heterocycles. The highest BCUT2D eigenvalue weighted by molar-refractivity contribution is 8.00. The minimum Gasteiger partial charge on any atom is -0.406 e. The van der Waals surface area contributed by atoms with E-state index in [0.717, 1.165) is 36.0 Å². The van der Waals surface area contributed by atoms with Gasteiger partial charge in [-0.05, 0) is 36.4 Å². The van der Waals surface area contributed by atoms with Gasteiger partial charge < -0.3 is 4.74 Å². The first-order valence-corrected chi connectivity index (χ1v) is 11.2. The van der Waals surface area contributed by atoms with E-state index in [1.807, 2.05) is 0 Å². The standard InChI is InChI=1S/C18H17F4N3O5S2/c19-14-3-1-2-4-15(14)31-11-17(27)25-24-16(26)9-10-23-32(28,29)13-7-5-12(6-8-13)30-18(20,21)22/h1-8,23H,9-11H2,(H,24,26)(H,25,27). The molecule has 0 fully saturated rings. The van der Waals surface area contributed by atoms with Crippen LogP contribution in [0.25, 0.3) is 0 Å². The molecule has 8 nitrogen and oxygen atoms in total. The van der Waals surface area contributed by atoms with Crippen LogP contribution in [0.2, 0.25) is 0 Å². The van der Waals surface area contributed by atoms with Gasteiger partial charge in [-0.3, -0.25) is 20.4 Å². The molecule has 2 aromatic carbocycles. The molecule has 2 amide bonds. The average molecular weight is 495 g/mol. The van der Waals surface area contributed by atoms with Gasteiger partial charge in [0.2, 0.25) is 21.8 Å². The fourth-order valence-electron chi connectivity index (χ4n) is 2.15. The van der Waals surface area contributed by atoms with Crippen LogP contribution in [0, 0.1) is 5.82 Å². The highest BCUT2D eigenvalue weighted by atomic mass is 32.2. The summed E-state index contributed by atoms with van der Waals surface area (Å²) in [6.45, 7) is -0.338. The molecule has 0 atom stereocenters. The Balaban J connectivity index is 1.72. The zero-order valence-corrected chi connectivity index (χ0v) is 17.7. The van der Waals surface area contributed by atoms with E-state index in [-0.39, 0.29) is 28.5 Å². The smallest absolute Gasteiger partial charge is 0.406 e. The Morgan fingerprint density at radius 3 is 2.22 bits per heavy atom. The summed E-state index contributed by atoms with van der Waals surface area (Å²) in [5, 5.41) is 0. The van der Waals surface area contributed by atoms with E-state index in [1.54, 1.807) is 6.07 Å². The van der Waals surface area contributed by atoms with Crippen molar-refractivity contribution in [3.8, 4) is 5.75 Å². The van der Waals surface area contributed by atoms with E-state index in [1.165, 1.54) is 18.2 Å². The molecule has 0 saturated carbocycles. The number of sulfonamides is 1. The first-order valence-electron chi connectivity index (χ1n) is 8.77. The lowest BCUT2D eigenvalue weighted by molar-refractivity contribution is -0.274. The van der Waals surface area contributed by atoms with E-state index in [2.05, 4.69) is 20.3 Å². The van der Waals surface area contributed by atoms with Gasteiger partial charge in [-0.15, -0.1) is 24.9 Å². The summed E-state index contributed by atoms with van der Waals surface area (Å²) in [5.74, 6) is -2.54. The molecule has 0 radical (unpaired) electrons. The van der Waals surface area contributed by atoms with Gasteiger partial charge in [0, 0.05) is 17.9 Å². The number of ether oxygens (including phenoxy) is 1. The van der Waals surface area contributed by atoms with Crippen LogP contribution < -0.4 is 20.3 Å². The lowest BCUT2D eigenvalue weighted by atomic mass is 10.3. The third kappa shape index (κ3) is 8.72. The summed E-state index contributed by atoms with van der Waals surface area (Å²) in [6, 6.07) is 9.35. The highest BCUT2D eigenvalue weighted by Gasteiger charge is 2.31. The Morgan fingerprint density at radius 2 is 1.59 bits per heavy atom. The molecule has 174 valence electrons. The SMILES string of the molecule is O=C(CCNS(=O)(=O)c1ccc(OC(F)(F)F)cc1)NNC(=O)CSc1ccccc1F. The number of nitrogens with one attached hydrogen (secondary N) is 3. The van der Waals surface area contributed by atoms with Crippen molar-refractivity contribution < 1.29 is 40.3 Å². The molecule has 0 bridgehead atoms. The van der Waals surface area contributed by atoms with Gasteiger partial charge in [-0.1, -0.05) is 12.1 Å². The van der Waals surface area contributed by atoms with Crippen molar-refractivity contribution in [1.82, 2.24) is 15.6 Å². The Hall–Kier alpha value is -2.84. The molecule has 0 aliphatic carbocycles. The van der Waals surface area contributed by atoms with E-state index in [0.29, 0.717) is 0 Å². The molecule has 0 saturated heterocycles. The maximum absolute atomic E-state index is 13.5. The van der Waals surface area contributed by atoms with Crippen LogP contribution in [-0.4, -0.2) is 38.9 Å². The Labute approximate surface area is 184 Å². The topological polar surface area (TPSA) is 114 Å². The van der Waals surface area contributed by atoms with Crippen molar-refractivity contribution in [1.29, 1.82) is 0 Å². The molecule has 14 heteroatoms. The lowest BCUT2D eigenvalue weighted by Crippen LogP contribution is -2.43. The zero-order chi connectivity index (χ0) is 23.8. The van der Waals surface area contributed by atoms with Crippen molar-refractivity contribution in [2.45, 2.75) is 22.6 Å². The van der Waals surface area contributed by atoms with Crippen LogP contribution in [0.3, 0.4) is 0 Å². The van der Waals surface area contributed by atoms with Gasteiger partial charge in [-0.2, -0.15) is 0 Å². The zero-order valence-electron chi connectivity index (χ0n) is 16.1. The number of benzene rings is 2. The summed E-state index contributed by atoms with van der Waals surface area (Å²) in [6.07, 6.45) is -5.24. The summed E-state index contributed by atoms with van der Waals surface area (Å²) >= 11 is 0.928. The third-order valence-corrected chi connectivity index (χ3v) is 6.07. The van der Waals surface area contributed by atoms with Crippen LogP contribution in [0.15, 0.2) is 58.3 Å². The van der Waals surface area contributed by atoms with Crippen LogP contribution in [-0.2, 0) is 19.6 Å². The van der Waals surface area contributed by atoms with E-state index >= 15 is 0 Å². The van der Waals surface area contributed by atoms with Gasteiger partial charge >= 0.3 is 6.36 Å². The molecule has 0 aliphatic heterocycles. The molecule has 0 spiro atoms. The van der Waals surface area contributed by atoms with E-state index < -0.39 is 39.8 Å². The number of hydrogen-bond donors (Lipinski definition) is 3. The summed E-state index contributed by atoms with van der Waals surface area (Å²) in [7, 11) is -4.08. The molecule has 3 N–H and O–H groups in total. The van der Waals surface area contributed by atoms with Gasteiger partial charge in [0.25, 0.3) is 0 Å².